The van der Waals surface area contributed by atoms with E-state index in [1.807, 2.05) is 4.90 Å². The Bertz CT molecular complexity index is 491. The molecule has 100 valence electrons. The Morgan fingerprint density at radius 1 is 1.58 bits per heavy atom. The maximum absolute atomic E-state index is 12.5. The molecule has 1 aromatic carbocycles. The monoisotopic (exact) mass is 258 g/mol. The smallest absolute Gasteiger partial charge is 0.254 e. The molecule has 2 rings (SSSR count). The van der Waals surface area contributed by atoms with Gasteiger partial charge in [0.1, 0.15) is 0 Å². The van der Waals surface area contributed by atoms with E-state index in [2.05, 4.69) is 13.0 Å². The lowest BCUT2D eigenvalue weighted by atomic mass is 10.1. The topological polar surface area (TPSA) is 53.3 Å². The van der Waals surface area contributed by atoms with Crippen LogP contribution in [0, 0.1) is 11.3 Å². The Balaban J connectivity index is 2.18. The number of amides is 1. The number of rotatable bonds is 3. The maximum atomic E-state index is 12.5. The molecule has 1 atom stereocenters. The summed E-state index contributed by atoms with van der Waals surface area (Å²) in [6.45, 7) is 3.93. The van der Waals surface area contributed by atoms with Crippen LogP contribution in [0.25, 0.3) is 0 Å². The molecule has 1 aromatic rings. The SMILES string of the molecule is CCC[C@H]1COCCN1C(=O)c1cccc(C#N)c1. The van der Waals surface area contributed by atoms with Crippen LogP contribution in [-0.2, 0) is 4.74 Å². The van der Waals surface area contributed by atoms with Crippen molar-refractivity contribution in [3.05, 3.63) is 35.4 Å². The lowest BCUT2D eigenvalue weighted by molar-refractivity contribution is -0.00433. The van der Waals surface area contributed by atoms with E-state index in [4.69, 9.17) is 10.00 Å². The first-order valence-corrected chi connectivity index (χ1v) is 6.65. The number of carbonyl (C=O) groups excluding carboxylic acids is 1. The molecule has 0 unspecified atom stereocenters. The van der Waals surface area contributed by atoms with Gasteiger partial charge in [0.15, 0.2) is 0 Å². The number of hydrogen-bond donors (Lipinski definition) is 0. The first-order valence-electron chi connectivity index (χ1n) is 6.65. The number of nitriles is 1. The Morgan fingerprint density at radius 2 is 2.42 bits per heavy atom. The second kappa shape index (κ2) is 6.35. The third kappa shape index (κ3) is 3.12. The van der Waals surface area contributed by atoms with E-state index in [0.29, 0.717) is 30.9 Å². The van der Waals surface area contributed by atoms with Crippen molar-refractivity contribution in [1.29, 1.82) is 5.26 Å². The number of carbonyl (C=O) groups is 1. The summed E-state index contributed by atoms with van der Waals surface area (Å²) in [6, 6.07) is 9.09. The number of nitrogens with zero attached hydrogens (tertiary/aromatic N) is 2. The fourth-order valence-corrected chi connectivity index (χ4v) is 2.38. The highest BCUT2D eigenvalue weighted by molar-refractivity contribution is 5.94. The first-order chi connectivity index (χ1) is 9.26. The van der Waals surface area contributed by atoms with Crippen LogP contribution in [0.3, 0.4) is 0 Å². The van der Waals surface area contributed by atoms with Crippen LogP contribution >= 0.6 is 0 Å². The van der Waals surface area contributed by atoms with Gasteiger partial charge in [0, 0.05) is 12.1 Å². The second-order valence-electron chi connectivity index (χ2n) is 4.71. The summed E-state index contributed by atoms with van der Waals surface area (Å²) in [4.78, 5) is 14.4. The molecule has 19 heavy (non-hydrogen) atoms. The van der Waals surface area contributed by atoms with Gasteiger partial charge in [0.05, 0.1) is 30.9 Å². The zero-order chi connectivity index (χ0) is 13.7. The molecule has 0 aromatic heterocycles. The number of hydrogen-bond acceptors (Lipinski definition) is 3. The van der Waals surface area contributed by atoms with Crippen LogP contribution in [0.1, 0.15) is 35.7 Å². The van der Waals surface area contributed by atoms with Gasteiger partial charge >= 0.3 is 0 Å². The lowest BCUT2D eigenvalue weighted by Crippen LogP contribution is -2.48. The predicted octanol–water partition coefficient (Wildman–Crippen LogP) is 2.20. The molecule has 0 saturated carbocycles. The Labute approximate surface area is 113 Å². The molecule has 4 heteroatoms. The highest BCUT2D eigenvalue weighted by Crippen LogP contribution is 2.16. The van der Waals surface area contributed by atoms with Crippen molar-refractivity contribution in [2.75, 3.05) is 19.8 Å². The molecular weight excluding hydrogens is 240 g/mol. The van der Waals surface area contributed by atoms with E-state index in [9.17, 15) is 4.79 Å². The molecule has 1 amide bonds. The van der Waals surface area contributed by atoms with Crippen LogP contribution in [0.15, 0.2) is 24.3 Å². The Kier molecular flexibility index (Phi) is 4.53. The van der Waals surface area contributed by atoms with Crippen LogP contribution in [0.2, 0.25) is 0 Å². The molecule has 0 aliphatic carbocycles. The molecule has 0 radical (unpaired) electrons. The van der Waals surface area contributed by atoms with Crippen molar-refractivity contribution in [3.63, 3.8) is 0 Å². The summed E-state index contributed by atoms with van der Waals surface area (Å²) < 4.78 is 5.45. The van der Waals surface area contributed by atoms with Gasteiger partial charge in [-0.2, -0.15) is 5.26 Å². The summed E-state index contributed by atoms with van der Waals surface area (Å²) >= 11 is 0. The van der Waals surface area contributed by atoms with Crippen molar-refractivity contribution < 1.29 is 9.53 Å². The van der Waals surface area contributed by atoms with E-state index in [0.717, 1.165) is 12.8 Å². The van der Waals surface area contributed by atoms with E-state index >= 15 is 0 Å². The number of morpholine rings is 1. The molecule has 1 saturated heterocycles. The third-order valence-electron chi connectivity index (χ3n) is 3.35. The van der Waals surface area contributed by atoms with Gasteiger partial charge in [0.25, 0.3) is 5.91 Å². The molecule has 1 aliphatic heterocycles. The van der Waals surface area contributed by atoms with Gasteiger partial charge < -0.3 is 9.64 Å². The van der Waals surface area contributed by atoms with Crippen molar-refractivity contribution in [3.8, 4) is 6.07 Å². The molecule has 0 bridgehead atoms. The molecule has 1 aliphatic rings. The molecule has 4 nitrogen and oxygen atoms in total. The first kappa shape index (κ1) is 13.6. The minimum Gasteiger partial charge on any atom is -0.377 e. The van der Waals surface area contributed by atoms with Crippen LogP contribution in [0.5, 0.6) is 0 Å². The average Bonchev–Trinajstić information content (AvgIpc) is 2.47. The van der Waals surface area contributed by atoms with E-state index in [1.54, 1.807) is 24.3 Å². The standard InChI is InChI=1S/C15H18N2O2/c1-2-4-14-11-19-8-7-17(14)15(18)13-6-3-5-12(9-13)10-16/h3,5-6,9,14H,2,4,7-8,11H2,1H3/t14-/m0/s1. The predicted molar refractivity (Wildman–Crippen MR) is 71.7 cm³/mol. The third-order valence-corrected chi connectivity index (χ3v) is 3.35. The molecule has 0 N–H and O–H groups in total. The minimum absolute atomic E-state index is 0.00106. The van der Waals surface area contributed by atoms with Crippen LogP contribution < -0.4 is 0 Å². The largest absolute Gasteiger partial charge is 0.377 e. The van der Waals surface area contributed by atoms with Crippen molar-refractivity contribution in [2.24, 2.45) is 0 Å². The van der Waals surface area contributed by atoms with Crippen molar-refractivity contribution >= 4 is 5.91 Å². The minimum atomic E-state index is -0.00106. The van der Waals surface area contributed by atoms with Gasteiger partial charge in [-0.25, -0.2) is 0 Å². The summed E-state index contributed by atoms with van der Waals surface area (Å²) in [5, 5.41) is 8.90. The Morgan fingerprint density at radius 3 is 3.16 bits per heavy atom. The van der Waals surface area contributed by atoms with E-state index in [1.165, 1.54) is 0 Å². The van der Waals surface area contributed by atoms with Crippen molar-refractivity contribution in [2.45, 2.75) is 25.8 Å². The average molecular weight is 258 g/mol. The summed E-state index contributed by atoms with van der Waals surface area (Å²) in [7, 11) is 0. The molecule has 1 heterocycles. The fraction of sp³-hybridized carbons (Fsp3) is 0.467. The quantitative estimate of drug-likeness (QED) is 0.835. The van der Waals surface area contributed by atoms with Crippen LogP contribution in [0.4, 0.5) is 0 Å². The fourth-order valence-electron chi connectivity index (χ4n) is 2.38. The highest BCUT2D eigenvalue weighted by atomic mass is 16.5. The van der Waals surface area contributed by atoms with Crippen molar-refractivity contribution in [1.82, 2.24) is 4.90 Å². The number of ether oxygens (including phenoxy) is 1. The van der Waals surface area contributed by atoms with Gasteiger partial charge in [-0.3, -0.25) is 4.79 Å². The second-order valence-corrected chi connectivity index (χ2v) is 4.71. The molecule has 0 spiro atoms. The lowest BCUT2D eigenvalue weighted by Gasteiger charge is -2.35. The van der Waals surface area contributed by atoms with E-state index in [-0.39, 0.29) is 11.9 Å². The summed E-state index contributed by atoms with van der Waals surface area (Å²) in [5.74, 6) is -0.00106. The van der Waals surface area contributed by atoms with Gasteiger partial charge in [-0.05, 0) is 24.6 Å². The molecular formula is C15H18N2O2. The van der Waals surface area contributed by atoms with E-state index < -0.39 is 0 Å². The summed E-state index contributed by atoms with van der Waals surface area (Å²) in [6.07, 6.45) is 1.97. The summed E-state index contributed by atoms with van der Waals surface area (Å²) in [5.41, 5.74) is 1.10. The normalized spacial score (nSPS) is 18.9. The van der Waals surface area contributed by atoms with Crippen LogP contribution in [-0.4, -0.2) is 36.6 Å². The highest BCUT2D eigenvalue weighted by Gasteiger charge is 2.27. The van der Waals surface area contributed by atoms with Gasteiger partial charge in [-0.15, -0.1) is 0 Å². The maximum Gasteiger partial charge on any atom is 0.254 e. The Hall–Kier alpha value is -1.86. The molecule has 1 fully saturated rings. The zero-order valence-electron chi connectivity index (χ0n) is 11.1. The van der Waals surface area contributed by atoms with Gasteiger partial charge in [-0.1, -0.05) is 19.4 Å². The number of benzene rings is 1. The van der Waals surface area contributed by atoms with Gasteiger partial charge in [0.2, 0.25) is 0 Å². The zero-order valence-corrected chi connectivity index (χ0v) is 11.1.